The molecule has 0 spiro atoms. The second-order valence-electron chi connectivity index (χ2n) is 6.33. The molecule has 1 atom stereocenters. The van der Waals surface area contributed by atoms with E-state index in [1.54, 1.807) is 47.4 Å². The van der Waals surface area contributed by atoms with Gasteiger partial charge >= 0.3 is 0 Å². The van der Waals surface area contributed by atoms with Crippen LogP contribution < -0.4 is 5.32 Å². The summed E-state index contributed by atoms with van der Waals surface area (Å²) < 4.78 is 0. The van der Waals surface area contributed by atoms with Gasteiger partial charge in [-0.15, -0.1) is 22.7 Å². The van der Waals surface area contributed by atoms with Crippen molar-refractivity contribution >= 4 is 57.3 Å². The number of nitrogens with one attached hydrogen (secondary N) is 1. The Morgan fingerprint density at radius 2 is 1.86 bits per heavy atom. The van der Waals surface area contributed by atoms with Crippen LogP contribution in [-0.2, 0) is 4.79 Å². The second-order valence-corrected chi connectivity index (χ2v) is 9.12. The van der Waals surface area contributed by atoms with Gasteiger partial charge in [-0.2, -0.15) is 11.8 Å². The molecule has 1 N–H and O–H groups in total. The Bertz CT molecular complexity index is 1030. The fourth-order valence-corrected chi connectivity index (χ4v) is 5.09. The predicted molar refractivity (Wildman–Crippen MR) is 118 cm³/mol. The maximum absolute atomic E-state index is 13.0. The number of thiazole rings is 1. The van der Waals surface area contributed by atoms with Gasteiger partial charge in [0, 0.05) is 5.38 Å². The Hall–Kier alpha value is -2.49. The lowest BCUT2D eigenvalue weighted by molar-refractivity contribution is -0.120. The average molecular weight is 444 g/mol. The van der Waals surface area contributed by atoms with E-state index in [1.807, 2.05) is 29.1 Å². The molecule has 6 nitrogen and oxygen atoms in total. The average Bonchev–Trinajstić information content (AvgIpc) is 3.45. The highest BCUT2D eigenvalue weighted by Crippen LogP contribution is 2.30. The van der Waals surface area contributed by atoms with Crippen LogP contribution in [0.25, 0.3) is 10.6 Å². The Morgan fingerprint density at radius 3 is 2.48 bits per heavy atom. The standard InChI is InChI=1S/C20H17N3O3S3/c1-27-10-8-15(23-18(25)12-5-2-3-6-13(12)19(23)26)17(24)22-20-21-14(11-29-20)16-7-4-9-28-16/h2-7,9,11,15H,8,10H2,1H3,(H,21,22,24). The van der Waals surface area contributed by atoms with Crippen molar-refractivity contribution in [1.29, 1.82) is 0 Å². The molecule has 1 unspecified atom stereocenters. The van der Waals surface area contributed by atoms with Crippen LogP contribution in [0, 0.1) is 0 Å². The van der Waals surface area contributed by atoms with Crippen molar-refractivity contribution in [3.63, 3.8) is 0 Å². The molecule has 2 aromatic heterocycles. The van der Waals surface area contributed by atoms with Gasteiger partial charge in [-0.1, -0.05) is 18.2 Å². The lowest BCUT2D eigenvalue weighted by atomic mass is 10.1. The number of imide groups is 1. The summed E-state index contributed by atoms with van der Waals surface area (Å²) in [5.41, 5.74) is 1.48. The Balaban J connectivity index is 1.56. The summed E-state index contributed by atoms with van der Waals surface area (Å²) in [6.45, 7) is 0. The predicted octanol–water partition coefficient (Wildman–Crippen LogP) is 4.23. The maximum atomic E-state index is 13.0. The monoisotopic (exact) mass is 443 g/mol. The van der Waals surface area contributed by atoms with Gasteiger partial charge in [-0.25, -0.2) is 4.98 Å². The first-order chi connectivity index (χ1) is 14.1. The van der Waals surface area contributed by atoms with E-state index in [4.69, 9.17) is 0 Å². The zero-order valence-electron chi connectivity index (χ0n) is 15.5. The van der Waals surface area contributed by atoms with Gasteiger partial charge in [-0.3, -0.25) is 19.3 Å². The number of thioether (sulfide) groups is 1. The van der Waals surface area contributed by atoms with Crippen LogP contribution in [0.3, 0.4) is 0 Å². The second kappa shape index (κ2) is 8.48. The molecule has 3 aromatic rings. The summed E-state index contributed by atoms with van der Waals surface area (Å²) in [6, 6.07) is 9.69. The van der Waals surface area contributed by atoms with E-state index in [1.165, 1.54) is 11.3 Å². The Kier molecular flexibility index (Phi) is 5.79. The molecular formula is C20H17N3O3S3. The molecule has 0 fully saturated rings. The number of anilines is 1. The molecule has 148 valence electrons. The van der Waals surface area contributed by atoms with Crippen molar-refractivity contribution < 1.29 is 14.4 Å². The van der Waals surface area contributed by atoms with Crippen LogP contribution in [0.5, 0.6) is 0 Å². The van der Waals surface area contributed by atoms with Crippen LogP contribution in [-0.4, -0.2) is 45.7 Å². The third-order valence-electron chi connectivity index (χ3n) is 4.54. The number of amides is 3. The number of nitrogens with zero attached hydrogens (tertiary/aromatic N) is 2. The maximum Gasteiger partial charge on any atom is 0.262 e. The molecule has 1 aromatic carbocycles. The molecule has 9 heteroatoms. The van der Waals surface area contributed by atoms with Crippen molar-refractivity contribution in [1.82, 2.24) is 9.88 Å². The highest BCUT2D eigenvalue weighted by molar-refractivity contribution is 7.98. The quantitative estimate of drug-likeness (QED) is 0.553. The summed E-state index contributed by atoms with van der Waals surface area (Å²) in [6.07, 6.45) is 2.30. The first-order valence-electron chi connectivity index (χ1n) is 8.86. The number of fused-ring (bicyclic) bond motifs is 1. The first kappa shape index (κ1) is 19.8. The zero-order valence-corrected chi connectivity index (χ0v) is 17.9. The topological polar surface area (TPSA) is 79.4 Å². The van der Waals surface area contributed by atoms with Crippen molar-refractivity contribution in [2.45, 2.75) is 12.5 Å². The summed E-state index contributed by atoms with van der Waals surface area (Å²) in [5, 5.41) is 7.09. The van der Waals surface area contributed by atoms with Crippen molar-refractivity contribution in [3.8, 4) is 10.6 Å². The molecule has 0 saturated carbocycles. The molecule has 1 aliphatic heterocycles. The SMILES string of the molecule is CSCCC(C(=O)Nc1nc(-c2cccs2)cs1)N1C(=O)c2ccccc2C1=O. The lowest BCUT2D eigenvalue weighted by Gasteiger charge is -2.24. The van der Waals surface area contributed by atoms with E-state index in [0.717, 1.165) is 15.5 Å². The first-order valence-corrected chi connectivity index (χ1v) is 12.0. The van der Waals surface area contributed by atoms with Gasteiger partial charge in [0.1, 0.15) is 6.04 Å². The molecule has 3 heterocycles. The number of thiophene rings is 1. The highest BCUT2D eigenvalue weighted by Gasteiger charge is 2.42. The molecular weight excluding hydrogens is 426 g/mol. The van der Waals surface area contributed by atoms with Gasteiger partial charge in [0.15, 0.2) is 5.13 Å². The van der Waals surface area contributed by atoms with Gasteiger partial charge in [0.25, 0.3) is 11.8 Å². The van der Waals surface area contributed by atoms with Crippen LogP contribution >= 0.6 is 34.4 Å². The van der Waals surface area contributed by atoms with Gasteiger partial charge in [-0.05, 0) is 42.0 Å². The molecule has 1 aliphatic rings. The Morgan fingerprint density at radius 1 is 1.14 bits per heavy atom. The zero-order chi connectivity index (χ0) is 20.4. The summed E-state index contributed by atoms with van der Waals surface area (Å²) >= 11 is 4.45. The van der Waals surface area contributed by atoms with Gasteiger partial charge < -0.3 is 5.32 Å². The smallest absolute Gasteiger partial charge is 0.262 e. The minimum absolute atomic E-state index is 0.341. The normalized spacial score (nSPS) is 14.2. The highest BCUT2D eigenvalue weighted by atomic mass is 32.2. The minimum Gasteiger partial charge on any atom is -0.300 e. The number of benzene rings is 1. The van der Waals surface area contributed by atoms with Gasteiger partial charge in [0.05, 0.1) is 21.7 Å². The fraction of sp³-hybridized carbons (Fsp3) is 0.200. The fourth-order valence-electron chi connectivity index (χ4n) is 3.16. The minimum atomic E-state index is -0.885. The van der Waals surface area contributed by atoms with Crippen molar-refractivity contribution in [2.24, 2.45) is 0 Å². The number of hydrogen-bond acceptors (Lipinski definition) is 7. The summed E-state index contributed by atoms with van der Waals surface area (Å²) in [7, 11) is 0. The number of aromatic nitrogens is 1. The van der Waals surface area contributed by atoms with Gasteiger partial charge in [0.2, 0.25) is 5.91 Å². The third-order valence-corrected chi connectivity index (χ3v) is 6.84. The Labute approximate surface area is 180 Å². The lowest BCUT2D eigenvalue weighted by Crippen LogP contribution is -2.47. The van der Waals surface area contributed by atoms with Crippen molar-refractivity contribution in [3.05, 3.63) is 58.3 Å². The number of carbonyl (C=O) groups is 3. The molecule has 0 radical (unpaired) electrons. The molecule has 4 rings (SSSR count). The number of hydrogen-bond donors (Lipinski definition) is 1. The van der Waals surface area contributed by atoms with E-state index < -0.39 is 23.8 Å². The molecule has 3 amide bonds. The summed E-state index contributed by atoms with van der Waals surface area (Å²) in [4.78, 5) is 45.3. The van der Waals surface area contributed by atoms with Crippen LogP contribution in [0.2, 0.25) is 0 Å². The number of carbonyl (C=O) groups excluding carboxylic acids is 3. The largest absolute Gasteiger partial charge is 0.300 e. The molecule has 0 aliphatic carbocycles. The molecule has 0 bridgehead atoms. The van der Waals surface area contributed by atoms with E-state index in [2.05, 4.69) is 10.3 Å². The number of rotatable bonds is 7. The summed E-state index contributed by atoms with van der Waals surface area (Å²) in [5.74, 6) is -0.611. The molecule has 0 saturated heterocycles. The molecule has 29 heavy (non-hydrogen) atoms. The van der Waals surface area contributed by atoms with Crippen molar-refractivity contribution in [2.75, 3.05) is 17.3 Å². The van der Waals surface area contributed by atoms with Crippen LogP contribution in [0.15, 0.2) is 47.2 Å². The third kappa shape index (κ3) is 3.85. The van der Waals surface area contributed by atoms with Crippen LogP contribution in [0.4, 0.5) is 5.13 Å². The van der Waals surface area contributed by atoms with E-state index >= 15 is 0 Å². The van der Waals surface area contributed by atoms with Crippen LogP contribution in [0.1, 0.15) is 27.1 Å². The van der Waals surface area contributed by atoms with E-state index in [0.29, 0.717) is 28.4 Å². The van der Waals surface area contributed by atoms with E-state index in [9.17, 15) is 14.4 Å². The van der Waals surface area contributed by atoms with E-state index in [-0.39, 0.29) is 0 Å².